The molecule has 1 aromatic rings. The lowest BCUT2D eigenvalue weighted by Crippen LogP contribution is -2.39. The molecule has 0 aromatic heterocycles. The summed E-state index contributed by atoms with van der Waals surface area (Å²) in [5, 5.41) is 10.5. The maximum absolute atomic E-state index is 9.88. The van der Waals surface area contributed by atoms with Gasteiger partial charge < -0.3 is 10.8 Å². The molecule has 78 valence electrons. The molecule has 0 aliphatic heterocycles. The number of hydrogen-bond acceptors (Lipinski definition) is 2. The number of benzene rings is 1. The molecule has 0 aliphatic carbocycles. The van der Waals surface area contributed by atoms with Gasteiger partial charge >= 0.3 is 0 Å². The third-order valence-electron chi connectivity index (χ3n) is 1.96. The topological polar surface area (TPSA) is 46.2 Å². The van der Waals surface area contributed by atoms with Crippen molar-refractivity contribution in [3.8, 4) is 0 Å². The Bertz CT molecular complexity index is 335. The van der Waals surface area contributed by atoms with Crippen LogP contribution in [-0.4, -0.2) is 10.6 Å². The fourth-order valence-corrected chi connectivity index (χ4v) is 1.63. The van der Waals surface area contributed by atoms with Crippen LogP contribution in [-0.2, 0) is 0 Å². The molecule has 0 saturated heterocycles. The summed E-state index contributed by atoms with van der Waals surface area (Å²) in [6, 6.07) is 5.28. The van der Waals surface area contributed by atoms with E-state index in [9.17, 15) is 5.11 Å². The fraction of sp³-hybridized carbons (Fsp3) is 0.400. The molecule has 0 aliphatic rings. The second-order valence-corrected chi connectivity index (χ2v) is 5.16. The Morgan fingerprint density at radius 2 is 2.07 bits per heavy atom. The first-order valence-corrected chi connectivity index (χ1v) is 5.41. The van der Waals surface area contributed by atoms with Crippen molar-refractivity contribution < 1.29 is 5.11 Å². The fourth-order valence-electron chi connectivity index (χ4n) is 1.11. The molecule has 0 amide bonds. The predicted octanol–water partition coefficient (Wildman–Crippen LogP) is 2.87. The summed E-state index contributed by atoms with van der Waals surface area (Å²) in [7, 11) is 0. The van der Waals surface area contributed by atoms with Crippen molar-refractivity contribution in [3.05, 3.63) is 33.3 Å². The van der Waals surface area contributed by atoms with Gasteiger partial charge in [-0.3, -0.25) is 0 Å². The summed E-state index contributed by atoms with van der Waals surface area (Å²) in [5.74, 6) is 0. The molecule has 0 spiro atoms. The number of aliphatic hydroxyl groups excluding tert-OH is 1. The van der Waals surface area contributed by atoms with Crippen molar-refractivity contribution in [2.75, 3.05) is 0 Å². The van der Waals surface area contributed by atoms with Gasteiger partial charge in [0.05, 0.1) is 11.1 Å². The Morgan fingerprint density at radius 1 is 1.50 bits per heavy atom. The van der Waals surface area contributed by atoms with Gasteiger partial charge in [0.2, 0.25) is 0 Å². The van der Waals surface area contributed by atoms with Crippen LogP contribution in [0.5, 0.6) is 0 Å². The average molecular weight is 279 g/mol. The molecule has 2 nitrogen and oxygen atoms in total. The van der Waals surface area contributed by atoms with Crippen molar-refractivity contribution in [2.45, 2.75) is 25.5 Å². The van der Waals surface area contributed by atoms with Crippen molar-refractivity contribution in [3.63, 3.8) is 0 Å². The highest BCUT2D eigenvalue weighted by atomic mass is 79.9. The molecule has 0 fully saturated rings. The van der Waals surface area contributed by atoms with Gasteiger partial charge in [0.1, 0.15) is 0 Å². The average Bonchev–Trinajstić information content (AvgIpc) is 2.07. The van der Waals surface area contributed by atoms with Crippen LogP contribution in [0.25, 0.3) is 0 Å². The number of nitrogens with two attached hydrogens (primary N) is 1. The van der Waals surface area contributed by atoms with E-state index in [2.05, 4.69) is 15.9 Å². The zero-order valence-corrected chi connectivity index (χ0v) is 10.4. The third-order valence-corrected chi connectivity index (χ3v) is 3.18. The minimum atomic E-state index is -0.698. The Kier molecular flexibility index (Phi) is 3.58. The summed E-state index contributed by atoms with van der Waals surface area (Å²) in [6.07, 6.45) is -0.698. The minimum absolute atomic E-state index is 0.621. The van der Waals surface area contributed by atoms with Crippen molar-refractivity contribution >= 4 is 27.5 Å². The van der Waals surface area contributed by atoms with Crippen molar-refractivity contribution in [1.82, 2.24) is 0 Å². The summed E-state index contributed by atoms with van der Waals surface area (Å²) >= 11 is 9.14. The van der Waals surface area contributed by atoms with Gasteiger partial charge in [-0.1, -0.05) is 17.7 Å². The minimum Gasteiger partial charge on any atom is -0.387 e. The van der Waals surface area contributed by atoms with E-state index in [1.54, 1.807) is 32.0 Å². The number of halogens is 2. The van der Waals surface area contributed by atoms with Gasteiger partial charge in [0.15, 0.2) is 0 Å². The molecule has 1 atom stereocenters. The zero-order chi connectivity index (χ0) is 10.9. The molecule has 0 bridgehead atoms. The van der Waals surface area contributed by atoms with Crippen molar-refractivity contribution in [2.24, 2.45) is 5.73 Å². The first-order valence-electron chi connectivity index (χ1n) is 4.24. The van der Waals surface area contributed by atoms with Gasteiger partial charge in [-0.05, 0) is 47.5 Å². The molecule has 1 rings (SSSR count). The number of aliphatic hydroxyl groups is 1. The normalized spacial score (nSPS) is 14.1. The molecule has 1 aromatic carbocycles. The van der Waals surface area contributed by atoms with E-state index in [1.807, 2.05) is 0 Å². The number of hydrogen-bond donors (Lipinski definition) is 2. The SMILES string of the molecule is CC(C)(N)C(O)c1ccc(Cl)c(Br)c1. The van der Waals surface area contributed by atoms with E-state index in [-0.39, 0.29) is 0 Å². The number of rotatable bonds is 2. The standard InChI is InChI=1S/C10H13BrClNO/c1-10(2,13)9(14)6-3-4-8(12)7(11)5-6/h3-5,9,14H,13H2,1-2H3. The molecule has 14 heavy (non-hydrogen) atoms. The van der Waals surface area contributed by atoms with Gasteiger partial charge in [-0.25, -0.2) is 0 Å². The highest BCUT2D eigenvalue weighted by molar-refractivity contribution is 9.10. The van der Waals surface area contributed by atoms with Crippen LogP contribution in [0.2, 0.25) is 5.02 Å². The maximum atomic E-state index is 9.88. The Balaban J connectivity index is 3.03. The summed E-state index contributed by atoms with van der Waals surface area (Å²) in [6.45, 7) is 3.56. The quantitative estimate of drug-likeness (QED) is 0.874. The lowest BCUT2D eigenvalue weighted by Gasteiger charge is -2.26. The second kappa shape index (κ2) is 4.19. The lowest BCUT2D eigenvalue weighted by molar-refractivity contribution is 0.104. The zero-order valence-electron chi connectivity index (χ0n) is 8.09. The molecule has 0 radical (unpaired) electrons. The van der Waals surface area contributed by atoms with Gasteiger partial charge in [0, 0.05) is 10.0 Å². The largest absolute Gasteiger partial charge is 0.387 e. The Morgan fingerprint density at radius 3 is 2.50 bits per heavy atom. The first-order chi connectivity index (χ1) is 6.32. The van der Waals surface area contributed by atoms with Gasteiger partial charge in [0.25, 0.3) is 0 Å². The van der Waals surface area contributed by atoms with Crippen LogP contribution in [0.3, 0.4) is 0 Å². The van der Waals surface area contributed by atoms with E-state index in [1.165, 1.54) is 0 Å². The van der Waals surface area contributed by atoms with Crippen molar-refractivity contribution in [1.29, 1.82) is 0 Å². The monoisotopic (exact) mass is 277 g/mol. The second-order valence-electron chi connectivity index (χ2n) is 3.90. The smallest absolute Gasteiger partial charge is 0.0964 e. The van der Waals surface area contributed by atoms with Crippen LogP contribution in [0.15, 0.2) is 22.7 Å². The molecule has 0 saturated carbocycles. The molecule has 4 heteroatoms. The van der Waals surface area contributed by atoms with Crippen LogP contribution in [0.1, 0.15) is 25.5 Å². The first kappa shape index (κ1) is 12.0. The van der Waals surface area contributed by atoms with E-state index in [0.717, 1.165) is 10.0 Å². The molecule has 1 unspecified atom stereocenters. The summed E-state index contributed by atoms with van der Waals surface area (Å²) < 4.78 is 0.764. The van der Waals surface area contributed by atoms with E-state index in [0.29, 0.717) is 5.02 Å². The van der Waals surface area contributed by atoms with E-state index in [4.69, 9.17) is 17.3 Å². The molecular weight excluding hydrogens is 265 g/mol. The van der Waals surface area contributed by atoms with Crippen LogP contribution < -0.4 is 5.73 Å². The van der Waals surface area contributed by atoms with Gasteiger partial charge in [-0.15, -0.1) is 0 Å². The van der Waals surface area contributed by atoms with Gasteiger partial charge in [-0.2, -0.15) is 0 Å². The van der Waals surface area contributed by atoms with E-state index < -0.39 is 11.6 Å². The summed E-state index contributed by atoms with van der Waals surface area (Å²) in [4.78, 5) is 0. The molecule has 3 N–H and O–H groups in total. The molecule has 0 heterocycles. The van der Waals surface area contributed by atoms with Crippen LogP contribution >= 0.6 is 27.5 Å². The van der Waals surface area contributed by atoms with Crippen LogP contribution in [0, 0.1) is 0 Å². The Hall–Kier alpha value is -0.0900. The van der Waals surface area contributed by atoms with Crippen LogP contribution in [0.4, 0.5) is 0 Å². The highest BCUT2D eigenvalue weighted by Gasteiger charge is 2.24. The third kappa shape index (κ3) is 2.70. The van der Waals surface area contributed by atoms with E-state index >= 15 is 0 Å². The lowest BCUT2D eigenvalue weighted by atomic mass is 9.93. The highest BCUT2D eigenvalue weighted by Crippen LogP contribution is 2.29. The molecular formula is C10H13BrClNO. The summed E-state index contributed by atoms with van der Waals surface area (Å²) in [5.41, 5.74) is 5.90. The Labute approximate surface area is 97.2 Å². The predicted molar refractivity (Wildman–Crippen MR) is 62.4 cm³/mol. The maximum Gasteiger partial charge on any atom is 0.0964 e.